The molecule has 0 amide bonds. The Hall–Kier alpha value is -1.95. The average Bonchev–Trinajstić information content (AvgIpc) is 2.55. The second-order valence-electron chi connectivity index (χ2n) is 4.11. The van der Waals surface area contributed by atoms with Crippen LogP contribution in [0, 0.1) is 0 Å². The van der Waals surface area contributed by atoms with Crippen molar-refractivity contribution in [2.75, 3.05) is 27.9 Å². The van der Waals surface area contributed by atoms with Crippen LogP contribution < -0.4 is 18.9 Å². The van der Waals surface area contributed by atoms with Crippen LogP contribution in [0.1, 0.15) is 16.8 Å². The van der Waals surface area contributed by atoms with E-state index < -0.39 is 6.10 Å². The zero-order chi connectivity index (χ0) is 14.0. The van der Waals surface area contributed by atoms with Crippen molar-refractivity contribution < 1.29 is 28.8 Å². The minimum Gasteiger partial charge on any atom is -0.493 e. The Morgan fingerprint density at radius 3 is 2.47 bits per heavy atom. The zero-order valence-electron chi connectivity index (χ0n) is 11.1. The Morgan fingerprint density at radius 2 is 1.89 bits per heavy atom. The average molecular weight is 268 g/mol. The summed E-state index contributed by atoms with van der Waals surface area (Å²) in [6.45, 7) is 0.0323. The molecule has 1 aliphatic heterocycles. The summed E-state index contributed by atoms with van der Waals surface area (Å²) >= 11 is 0. The summed E-state index contributed by atoms with van der Waals surface area (Å²) in [5.41, 5.74) is 0.325. The number of benzene rings is 1. The van der Waals surface area contributed by atoms with Crippen LogP contribution in [0.4, 0.5) is 0 Å². The molecular formula is C13H16O6. The van der Waals surface area contributed by atoms with Crippen molar-refractivity contribution in [1.82, 2.24) is 0 Å². The highest BCUT2D eigenvalue weighted by Crippen LogP contribution is 2.47. The van der Waals surface area contributed by atoms with Gasteiger partial charge in [0.2, 0.25) is 11.5 Å². The number of carbonyl (C=O) groups excluding carboxylic acids is 1. The number of rotatable bonds is 3. The lowest BCUT2D eigenvalue weighted by Crippen LogP contribution is -2.17. The molecule has 1 aliphatic rings. The summed E-state index contributed by atoms with van der Waals surface area (Å²) in [4.78, 5) is 12.1. The summed E-state index contributed by atoms with van der Waals surface area (Å²) in [6, 6.07) is 1.54. The van der Waals surface area contributed by atoms with Crippen LogP contribution in [-0.2, 0) is 0 Å². The van der Waals surface area contributed by atoms with Gasteiger partial charge in [0.1, 0.15) is 6.61 Å². The summed E-state index contributed by atoms with van der Waals surface area (Å²) in [6.07, 6.45) is -0.826. The van der Waals surface area contributed by atoms with E-state index in [0.29, 0.717) is 22.8 Å². The Balaban J connectivity index is 2.65. The standard InChI is InChI=1S/C13H16O6/c1-16-10-5-8-9(15)4-7(14)6-19-11(8)13(18-3)12(10)17-2/h5,7,14H,4,6H2,1-3H3. The molecule has 1 unspecified atom stereocenters. The number of ketones is 1. The molecule has 6 heteroatoms. The predicted molar refractivity (Wildman–Crippen MR) is 66.5 cm³/mol. The van der Waals surface area contributed by atoms with Crippen LogP contribution in [0.5, 0.6) is 23.0 Å². The predicted octanol–water partition coefficient (Wildman–Crippen LogP) is 1.04. The van der Waals surface area contributed by atoms with Crippen molar-refractivity contribution in [1.29, 1.82) is 0 Å². The third-order valence-corrected chi connectivity index (χ3v) is 2.93. The number of hydrogen-bond acceptors (Lipinski definition) is 6. The monoisotopic (exact) mass is 268 g/mol. The molecule has 1 N–H and O–H groups in total. The van der Waals surface area contributed by atoms with Gasteiger partial charge in [-0.1, -0.05) is 0 Å². The van der Waals surface area contributed by atoms with Crippen molar-refractivity contribution in [2.24, 2.45) is 0 Å². The molecule has 1 heterocycles. The van der Waals surface area contributed by atoms with E-state index in [2.05, 4.69) is 0 Å². The molecule has 0 bridgehead atoms. The van der Waals surface area contributed by atoms with E-state index >= 15 is 0 Å². The van der Waals surface area contributed by atoms with Gasteiger partial charge in [0, 0.05) is 6.42 Å². The number of aliphatic hydroxyl groups is 1. The molecule has 0 saturated carbocycles. The number of hydrogen-bond donors (Lipinski definition) is 1. The van der Waals surface area contributed by atoms with Gasteiger partial charge in [-0.25, -0.2) is 0 Å². The highest BCUT2D eigenvalue weighted by atomic mass is 16.5. The molecule has 0 radical (unpaired) electrons. The molecule has 0 spiro atoms. The molecule has 0 saturated heterocycles. The SMILES string of the molecule is COc1cc2c(c(OC)c1OC)OCC(O)CC2=O. The van der Waals surface area contributed by atoms with Gasteiger partial charge in [0.15, 0.2) is 17.3 Å². The normalized spacial score (nSPS) is 18.1. The van der Waals surface area contributed by atoms with Crippen molar-refractivity contribution >= 4 is 5.78 Å². The third-order valence-electron chi connectivity index (χ3n) is 2.93. The van der Waals surface area contributed by atoms with Gasteiger partial charge in [-0.15, -0.1) is 0 Å². The number of carbonyl (C=O) groups is 1. The molecule has 1 aromatic carbocycles. The van der Waals surface area contributed by atoms with Gasteiger partial charge >= 0.3 is 0 Å². The molecule has 1 atom stereocenters. The highest BCUT2D eigenvalue weighted by Gasteiger charge is 2.29. The maximum Gasteiger partial charge on any atom is 0.208 e. The maximum absolute atomic E-state index is 12.1. The topological polar surface area (TPSA) is 74.2 Å². The van der Waals surface area contributed by atoms with Gasteiger partial charge in [-0.3, -0.25) is 4.79 Å². The lowest BCUT2D eigenvalue weighted by Gasteiger charge is -2.17. The molecule has 0 aromatic heterocycles. The van der Waals surface area contributed by atoms with Gasteiger partial charge in [-0.05, 0) is 6.07 Å². The second-order valence-corrected chi connectivity index (χ2v) is 4.11. The first-order chi connectivity index (χ1) is 9.12. The maximum atomic E-state index is 12.1. The Bertz CT molecular complexity index is 496. The Labute approximate surface area is 110 Å². The molecule has 2 rings (SSSR count). The highest BCUT2D eigenvalue weighted by molar-refractivity contribution is 6.01. The van der Waals surface area contributed by atoms with Gasteiger partial charge in [0.05, 0.1) is 33.0 Å². The summed E-state index contributed by atoms with van der Waals surface area (Å²) in [7, 11) is 4.40. The van der Waals surface area contributed by atoms with Crippen LogP contribution in [0.3, 0.4) is 0 Å². The minimum absolute atomic E-state index is 0.00559. The summed E-state index contributed by atoms with van der Waals surface area (Å²) in [5.74, 6) is 1.08. The Kier molecular flexibility index (Phi) is 3.80. The molecule has 19 heavy (non-hydrogen) atoms. The van der Waals surface area contributed by atoms with Gasteiger partial charge in [0.25, 0.3) is 0 Å². The van der Waals surface area contributed by atoms with Gasteiger partial charge < -0.3 is 24.1 Å². The third kappa shape index (κ3) is 2.31. The van der Waals surface area contributed by atoms with E-state index in [1.807, 2.05) is 0 Å². The van der Waals surface area contributed by atoms with Crippen molar-refractivity contribution in [3.63, 3.8) is 0 Å². The van der Waals surface area contributed by atoms with Crippen molar-refractivity contribution in [3.8, 4) is 23.0 Å². The second kappa shape index (κ2) is 5.36. The van der Waals surface area contributed by atoms with Crippen LogP contribution in [0.15, 0.2) is 6.07 Å². The molecular weight excluding hydrogens is 252 g/mol. The number of aliphatic hydroxyl groups excluding tert-OH is 1. The number of fused-ring (bicyclic) bond motifs is 1. The summed E-state index contributed by atoms with van der Waals surface area (Å²) in [5, 5.41) is 9.60. The van der Waals surface area contributed by atoms with E-state index in [1.165, 1.54) is 27.4 Å². The van der Waals surface area contributed by atoms with Crippen molar-refractivity contribution in [2.45, 2.75) is 12.5 Å². The van der Waals surface area contributed by atoms with Crippen LogP contribution >= 0.6 is 0 Å². The fourth-order valence-electron chi connectivity index (χ4n) is 2.04. The zero-order valence-corrected chi connectivity index (χ0v) is 11.1. The Morgan fingerprint density at radius 1 is 1.21 bits per heavy atom. The lowest BCUT2D eigenvalue weighted by molar-refractivity contribution is 0.0809. The van der Waals surface area contributed by atoms with E-state index in [9.17, 15) is 9.90 Å². The smallest absolute Gasteiger partial charge is 0.208 e. The van der Waals surface area contributed by atoms with E-state index in [-0.39, 0.29) is 24.6 Å². The largest absolute Gasteiger partial charge is 0.493 e. The molecule has 0 aliphatic carbocycles. The van der Waals surface area contributed by atoms with Crippen LogP contribution in [0.25, 0.3) is 0 Å². The van der Waals surface area contributed by atoms with E-state index in [0.717, 1.165) is 0 Å². The fraction of sp³-hybridized carbons (Fsp3) is 0.462. The first-order valence-electron chi connectivity index (χ1n) is 5.79. The first kappa shape index (κ1) is 13.5. The number of Topliss-reactive ketones (excluding diaryl/α,β-unsaturated/α-hetero) is 1. The quantitative estimate of drug-likeness (QED) is 0.882. The van der Waals surface area contributed by atoms with Crippen LogP contribution in [0.2, 0.25) is 0 Å². The molecule has 0 fully saturated rings. The lowest BCUT2D eigenvalue weighted by atomic mass is 10.0. The summed E-state index contributed by atoms with van der Waals surface area (Å²) < 4.78 is 21.1. The first-order valence-corrected chi connectivity index (χ1v) is 5.79. The number of methoxy groups -OCH3 is 3. The minimum atomic E-state index is -0.832. The molecule has 1 aromatic rings. The van der Waals surface area contributed by atoms with Gasteiger partial charge in [-0.2, -0.15) is 0 Å². The van der Waals surface area contributed by atoms with E-state index in [1.54, 1.807) is 0 Å². The molecule has 6 nitrogen and oxygen atoms in total. The van der Waals surface area contributed by atoms with Crippen molar-refractivity contribution in [3.05, 3.63) is 11.6 Å². The van der Waals surface area contributed by atoms with Crippen LogP contribution in [-0.4, -0.2) is 44.9 Å². The fourth-order valence-corrected chi connectivity index (χ4v) is 2.04. The number of ether oxygens (including phenoxy) is 4. The van der Waals surface area contributed by atoms with E-state index in [4.69, 9.17) is 18.9 Å². The molecule has 104 valence electrons.